The van der Waals surface area contributed by atoms with Crippen LogP contribution in [0.5, 0.6) is 11.5 Å². The summed E-state index contributed by atoms with van der Waals surface area (Å²) in [5.74, 6) is 1.53. The summed E-state index contributed by atoms with van der Waals surface area (Å²) >= 11 is 0. The molecule has 4 aliphatic heterocycles. The average molecular weight is 503 g/mol. The fourth-order valence-electron chi connectivity index (χ4n) is 5.72. The molecule has 0 N–H and O–H groups in total. The highest BCUT2D eigenvalue weighted by Crippen LogP contribution is 2.42. The first kappa shape index (κ1) is 24.0. The summed E-state index contributed by atoms with van der Waals surface area (Å²) in [5, 5.41) is 4.50. The molecule has 2 aromatic carbocycles. The van der Waals surface area contributed by atoms with Crippen LogP contribution in [0.4, 0.5) is 5.69 Å². The van der Waals surface area contributed by atoms with Gasteiger partial charge in [-0.1, -0.05) is 47.1 Å². The van der Waals surface area contributed by atoms with E-state index in [0.29, 0.717) is 25.5 Å². The predicted molar refractivity (Wildman–Crippen MR) is 143 cm³/mol. The van der Waals surface area contributed by atoms with Crippen LogP contribution in [-0.2, 0) is 9.63 Å². The van der Waals surface area contributed by atoms with Crippen molar-refractivity contribution < 1.29 is 19.1 Å². The van der Waals surface area contributed by atoms with Crippen molar-refractivity contribution in [2.45, 2.75) is 20.0 Å². The fourth-order valence-corrected chi connectivity index (χ4v) is 5.72. The first-order valence-corrected chi connectivity index (χ1v) is 13.2. The first-order valence-electron chi connectivity index (χ1n) is 13.2. The Bertz CT molecular complexity index is 1220. The monoisotopic (exact) mass is 502 g/mol. The predicted octanol–water partition coefficient (Wildman–Crippen LogP) is 3.26. The molecule has 0 spiro atoms. The zero-order valence-electron chi connectivity index (χ0n) is 21.6. The lowest BCUT2D eigenvalue weighted by molar-refractivity contribution is -0.116. The molecule has 8 heteroatoms. The Balaban J connectivity index is 1.06. The number of nitrogens with zero attached hydrogens (tertiary/aromatic N) is 4. The molecule has 0 bridgehead atoms. The molecule has 4 heterocycles. The number of anilines is 1. The lowest BCUT2D eigenvalue weighted by atomic mass is 9.89. The summed E-state index contributed by atoms with van der Waals surface area (Å²) in [5.41, 5.74) is 5.24. The molecular weight excluding hydrogens is 468 g/mol. The summed E-state index contributed by atoms with van der Waals surface area (Å²) in [4.78, 5) is 24.8. The molecule has 2 aromatic rings. The molecule has 194 valence electrons. The standard InChI is InChI=1S/C29H34N4O4/c1-20(14-22-6-4-3-5-7-22)17-31-8-10-32(11-9-31)18-28-24-19-36-26-16-25-27(15-23(26)29(24)30-37-28)35-13-12-33(25)21(2)34/h3-7,14-16,24,28H,8-13,17-19H2,1-2H3. The molecule has 1 amide bonds. The molecule has 0 aliphatic carbocycles. The van der Waals surface area contributed by atoms with Crippen molar-refractivity contribution in [1.29, 1.82) is 0 Å². The van der Waals surface area contributed by atoms with Crippen LogP contribution in [0.1, 0.15) is 25.0 Å². The lowest BCUT2D eigenvalue weighted by Gasteiger charge is -2.36. The molecule has 0 radical (unpaired) electrons. The number of fused-ring (bicyclic) bond motifs is 4. The van der Waals surface area contributed by atoms with Gasteiger partial charge in [-0.25, -0.2) is 0 Å². The Morgan fingerprint density at radius 1 is 1.00 bits per heavy atom. The highest BCUT2D eigenvalue weighted by Gasteiger charge is 2.42. The van der Waals surface area contributed by atoms with Gasteiger partial charge in [-0.05, 0) is 18.6 Å². The van der Waals surface area contributed by atoms with Crippen molar-refractivity contribution in [2.24, 2.45) is 11.1 Å². The summed E-state index contributed by atoms with van der Waals surface area (Å²) in [6.07, 6.45) is 2.25. The average Bonchev–Trinajstić information content (AvgIpc) is 3.32. The van der Waals surface area contributed by atoms with Gasteiger partial charge in [0.15, 0.2) is 6.10 Å². The van der Waals surface area contributed by atoms with Gasteiger partial charge >= 0.3 is 0 Å². The Morgan fingerprint density at radius 3 is 2.57 bits per heavy atom. The number of carbonyl (C=O) groups excluding carboxylic acids is 1. The number of hydrogen-bond acceptors (Lipinski definition) is 7. The second-order valence-electron chi connectivity index (χ2n) is 10.4. The van der Waals surface area contributed by atoms with Crippen LogP contribution in [0, 0.1) is 5.92 Å². The molecular formula is C29H34N4O4. The minimum atomic E-state index is -0.0277. The zero-order chi connectivity index (χ0) is 25.4. The molecule has 1 fully saturated rings. The first-order chi connectivity index (χ1) is 18.0. The van der Waals surface area contributed by atoms with E-state index in [9.17, 15) is 4.79 Å². The number of piperazine rings is 1. The van der Waals surface area contributed by atoms with E-state index in [1.165, 1.54) is 11.1 Å². The molecule has 2 atom stereocenters. The molecule has 0 aromatic heterocycles. The number of hydrogen-bond donors (Lipinski definition) is 0. The van der Waals surface area contributed by atoms with E-state index in [2.05, 4.69) is 58.3 Å². The van der Waals surface area contributed by atoms with Gasteiger partial charge in [0.05, 0.1) is 18.2 Å². The van der Waals surface area contributed by atoms with Crippen molar-refractivity contribution >= 4 is 23.4 Å². The van der Waals surface area contributed by atoms with Crippen LogP contribution < -0.4 is 14.4 Å². The molecule has 37 heavy (non-hydrogen) atoms. The van der Waals surface area contributed by atoms with Crippen LogP contribution in [0.3, 0.4) is 0 Å². The Hall–Kier alpha value is -3.36. The minimum Gasteiger partial charge on any atom is -0.492 e. The number of ether oxygens (including phenoxy) is 2. The van der Waals surface area contributed by atoms with E-state index >= 15 is 0 Å². The smallest absolute Gasteiger partial charge is 0.224 e. The number of carbonyl (C=O) groups is 1. The number of benzene rings is 2. The third-order valence-electron chi connectivity index (χ3n) is 7.67. The third-order valence-corrected chi connectivity index (χ3v) is 7.67. The van der Waals surface area contributed by atoms with Gasteiger partial charge in [-0.3, -0.25) is 14.6 Å². The normalized spacial score (nSPS) is 23.7. The molecule has 8 nitrogen and oxygen atoms in total. The van der Waals surface area contributed by atoms with E-state index < -0.39 is 0 Å². The van der Waals surface area contributed by atoms with Crippen LogP contribution >= 0.6 is 0 Å². The maximum Gasteiger partial charge on any atom is 0.224 e. The second-order valence-corrected chi connectivity index (χ2v) is 10.4. The quantitative estimate of drug-likeness (QED) is 0.625. The number of oxime groups is 1. The number of amides is 1. The maximum atomic E-state index is 12.1. The van der Waals surface area contributed by atoms with E-state index in [0.717, 1.165) is 62.0 Å². The lowest BCUT2D eigenvalue weighted by Crippen LogP contribution is -2.50. The van der Waals surface area contributed by atoms with Crippen LogP contribution in [-0.4, -0.2) is 86.5 Å². The van der Waals surface area contributed by atoms with E-state index in [1.54, 1.807) is 11.8 Å². The van der Waals surface area contributed by atoms with Crippen LogP contribution in [0.25, 0.3) is 6.08 Å². The highest BCUT2D eigenvalue weighted by molar-refractivity contribution is 6.07. The van der Waals surface area contributed by atoms with Gasteiger partial charge in [-0.15, -0.1) is 0 Å². The largest absolute Gasteiger partial charge is 0.492 e. The summed E-state index contributed by atoms with van der Waals surface area (Å²) in [6, 6.07) is 14.4. The Kier molecular flexibility index (Phi) is 6.61. The van der Waals surface area contributed by atoms with Crippen LogP contribution in [0.2, 0.25) is 0 Å². The third kappa shape index (κ3) is 4.95. The fraction of sp³-hybridized carbons (Fsp3) is 0.448. The summed E-state index contributed by atoms with van der Waals surface area (Å²) < 4.78 is 12.0. The molecule has 2 unspecified atom stereocenters. The van der Waals surface area contributed by atoms with Gasteiger partial charge in [0.2, 0.25) is 5.91 Å². The van der Waals surface area contributed by atoms with Crippen molar-refractivity contribution in [2.75, 3.05) is 63.9 Å². The number of rotatable bonds is 5. The second kappa shape index (κ2) is 10.2. The molecule has 1 saturated heterocycles. The van der Waals surface area contributed by atoms with Crippen LogP contribution in [0.15, 0.2) is 53.2 Å². The molecule has 6 rings (SSSR count). The van der Waals surface area contributed by atoms with E-state index in [1.807, 2.05) is 12.1 Å². The van der Waals surface area contributed by atoms with Gasteiger partial charge in [0.25, 0.3) is 0 Å². The maximum absolute atomic E-state index is 12.1. The summed E-state index contributed by atoms with van der Waals surface area (Å²) in [7, 11) is 0. The zero-order valence-corrected chi connectivity index (χ0v) is 21.6. The molecule has 4 aliphatic rings. The van der Waals surface area contributed by atoms with Gasteiger partial charge in [0, 0.05) is 57.8 Å². The van der Waals surface area contributed by atoms with Gasteiger partial charge in [0.1, 0.15) is 30.4 Å². The SMILES string of the molecule is CC(=O)N1CCOc2cc3c(cc21)OCC1C3=NOC1CN1CCN(CC(C)=Cc2ccccc2)CC1. The Labute approximate surface area is 218 Å². The van der Waals surface area contributed by atoms with Gasteiger partial charge < -0.3 is 19.2 Å². The Morgan fingerprint density at radius 2 is 1.78 bits per heavy atom. The van der Waals surface area contributed by atoms with Crippen molar-refractivity contribution in [3.63, 3.8) is 0 Å². The van der Waals surface area contributed by atoms with E-state index in [-0.39, 0.29) is 17.9 Å². The van der Waals surface area contributed by atoms with Crippen molar-refractivity contribution in [3.8, 4) is 11.5 Å². The van der Waals surface area contributed by atoms with Crippen molar-refractivity contribution in [1.82, 2.24) is 9.80 Å². The minimum absolute atomic E-state index is 0.00210. The molecule has 0 saturated carbocycles. The van der Waals surface area contributed by atoms with E-state index in [4.69, 9.17) is 14.3 Å². The topological polar surface area (TPSA) is 66.8 Å². The summed E-state index contributed by atoms with van der Waals surface area (Å²) in [6.45, 7) is 11.3. The van der Waals surface area contributed by atoms with Crippen molar-refractivity contribution in [3.05, 3.63) is 59.2 Å². The highest BCUT2D eigenvalue weighted by atomic mass is 16.6. The van der Waals surface area contributed by atoms with Gasteiger partial charge in [-0.2, -0.15) is 0 Å².